The molecule has 2 aromatic rings. The Morgan fingerprint density at radius 3 is 2.58 bits per heavy atom. The van der Waals surface area contributed by atoms with Gasteiger partial charge in [0.25, 0.3) is 5.91 Å². The second-order valence-corrected chi connectivity index (χ2v) is 8.09. The smallest absolute Gasteiger partial charge is 0.263 e. The monoisotopic (exact) mass is 345 g/mol. The zero-order valence-electron chi connectivity index (χ0n) is 14.9. The van der Waals surface area contributed by atoms with Crippen LogP contribution in [0.5, 0.6) is 0 Å². The van der Waals surface area contributed by atoms with Gasteiger partial charge >= 0.3 is 0 Å². The number of nitrogens with zero attached hydrogens (tertiary/aromatic N) is 1. The number of benzene rings is 1. The molecule has 1 atom stereocenters. The minimum atomic E-state index is -0.388. The first-order valence-electron chi connectivity index (χ1n) is 8.36. The van der Waals surface area contributed by atoms with E-state index in [-0.39, 0.29) is 11.4 Å². The van der Waals surface area contributed by atoms with E-state index in [1.54, 1.807) is 0 Å². The molecule has 0 spiro atoms. The van der Waals surface area contributed by atoms with Crippen LogP contribution in [-0.2, 0) is 6.42 Å². The minimum absolute atomic E-state index is 0.0714. The molecule has 1 aromatic heterocycles. The molecule has 1 unspecified atom stereocenters. The molecule has 1 amide bonds. The molecule has 0 bridgehead atoms. The van der Waals surface area contributed by atoms with Crippen LogP contribution in [0.4, 0.5) is 0 Å². The van der Waals surface area contributed by atoms with Crippen LogP contribution in [-0.4, -0.2) is 23.0 Å². The number of aromatic nitrogens is 1. The number of hydrogen-bond donors (Lipinski definition) is 2. The van der Waals surface area contributed by atoms with Crippen LogP contribution in [0.1, 0.15) is 53.1 Å². The van der Waals surface area contributed by atoms with Crippen molar-refractivity contribution in [3.05, 3.63) is 51.5 Å². The molecular weight excluding hydrogens is 318 g/mol. The van der Waals surface area contributed by atoms with Gasteiger partial charge < -0.3 is 11.1 Å². The Labute approximate surface area is 148 Å². The van der Waals surface area contributed by atoms with Crippen LogP contribution >= 0.6 is 11.3 Å². The number of carbonyl (C=O) groups excluding carboxylic acids is 1. The van der Waals surface area contributed by atoms with Crippen molar-refractivity contribution in [2.75, 3.05) is 6.54 Å². The molecule has 130 valence electrons. The average molecular weight is 346 g/mol. The van der Waals surface area contributed by atoms with Crippen molar-refractivity contribution in [3.63, 3.8) is 0 Å². The van der Waals surface area contributed by atoms with Crippen LogP contribution in [0.25, 0.3) is 0 Å². The molecule has 0 radical (unpaired) electrons. The third kappa shape index (κ3) is 4.89. The summed E-state index contributed by atoms with van der Waals surface area (Å²) in [5.41, 5.74) is 7.50. The molecule has 1 heterocycles. The number of rotatable bonds is 7. The van der Waals surface area contributed by atoms with E-state index in [1.165, 1.54) is 16.9 Å². The topological polar surface area (TPSA) is 68.0 Å². The Kier molecular flexibility index (Phi) is 6.13. The van der Waals surface area contributed by atoms with Gasteiger partial charge in [0.2, 0.25) is 0 Å². The number of amides is 1. The van der Waals surface area contributed by atoms with Gasteiger partial charge in [0, 0.05) is 13.0 Å². The molecule has 0 fully saturated rings. The van der Waals surface area contributed by atoms with E-state index < -0.39 is 0 Å². The maximum atomic E-state index is 12.7. The van der Waals surface area contributed by atoms with Crippen molar-refractivity contribution in [2.45, 2.75) is 46.1 Å². The third-order valence-electron chi connectivity index (χ3n) is 3.97. The maximum absolute atomic E-state index is 12.7. The summed E-state index contributed by atoms with van der Waals surface area (Å²) in [7, 11) is 0. The summed E-state index contributed by atoms with van der Waals surface area (Å²) in [6.45, 7) is 8.59. The van der Waals surface area contributed by atoms with Crippen molar-refractivity contribution >= 4 is 17.2 Å². The molecule has 0 saturated heterocycles. The quantitative estimate of drug-likeness (QED) is 0.806. The molecule has 24 heavy (non-hydrogen) atoms. The highest BCUT2D eigenvalue weighted by Crippen LogP contribution is 2.23. The summed E-state index contributed by atoms with van der Waals surface area (Å²) in [6.07, 6.45) is 1.60. The summed E-state index contributed by atoms with van der Waals surface area (Å²) in [5, 5.41) is 4.08. The number of aryl methyl sites for hydroxylation is 1. The molecule has 0 aliphatic carbocycles. The van der Waals surface area contributed by atoms with Crippen LogP contribution in [0.3, 0.4) is 0 Å². The fraction of sp³-hybridized carbons (Fsp3) is 0.474. The Balaban J connectivity index is 2.12. The molecule has 0 aliphatic heterocycles. The summed E-state index contributed by atoms with van der Waals surface area (Å²) >= 11 is 1.47. The summed E-state index contributed by atoms with van der Waals surface area (Å²) in [4.78, 5) is 17.9. The van der Waals surface area contributed by atoms with E-state index in [1.807, 2.05) is 32.0 Å². The molecular formula is C19H27N3OS. The normalized spacial score (nSPS) is 13.8. The largest absolute Gasteiger partial charge is 0.345 e. The van der Waals surface area contributed by atoms with Crippen LogP contribution < -0.4 is 11.1 Å². The second-order valence-electron chi connectivity index (χ2n) is 7.00. The van der Waals surface area contributed by atoms with Gasteiger partial charge in [-0.2, -0.15) is 0 Å². The zero-order chi connectivity index (χ0) is 17.7. The first kappa shape index (κ1) is 18.6. The average Bonchev–Trinajstić information content (AvgIpc) is 2.88. The van der Waals surface area contributed by atoms with Crippen molar-refractivity contribution in [3.8, 4) is 0 Å². The van der Waals surface area contributed by atoms with Crippen LogP contribution in [0, 0.1) is 12.8 Å². The zero-order valence-corrected chi connectivity index (χ0v) is 15.7. The molecule has 5 heteroatoms. The lowest BCUT2D eigenvalue weighted by molar-refractivity contribution is 0.0901. The van der Waals surface area contributed by atoms with E-state index in [4.69, 9.17) is 5.73 Å². The number of hydrogen-bond acceptors (Lipinski definition) is 4. The number of thiazole rings is 1. The molecule has 0 saturated carbocycles. The first-order chi connectivity index (χ1) is 11.3. The molecule has 0 aliphatic rings. The van der Waals surface area contributed by atoms with Gasteiger partial charge in [-0.05, 0) is 31.7 Å². The van der Waals surface area contributed by atoms with Crippen molar-refractivity contribution in [2.24, 2.45) is 11.7 Å². The Morgan fingerprint density at radius 1 is 1.33 bits per heavy atom. The van der Waals surface area contributed by atoms with Gasteiger partial charge in [-0.3, -0.25) is 4.79 Å². The van der Waals surface area contributed by atoms with Gasteiger partial charge in [0.1, 0.15) is 4.88 Å². The maximum Gasteiger partial charge on any atom is 0.263 e. The number of nitrogens with two attached hydrogens (primary N) is 1. The van der Waals surface area contributed by atoms with Gasteiger partial charge in [0.15, 0.2) is 0 Å². The van der Waals surface area contributed by atoms with Crippen LogP contribution in [0.2, 0.25) is 0 Å². The highest BCUT2D eigenvalue weighted by molar-refractivity contribution is 7.13. The lowest BCUT2D eigenvalue weighted by atomic mass is 9.90. The predicted octanol–water partition coefficient (Wildman–Crippen LogP) is 3.54. The third-order valence-corrected chi connectivity index (χ3v) is 5.13. The lowest BCUT2D eigenvalue weighted by Crippen LogP contribution is -2.52. The molecule has 3 N–H and O–H groups in total. The molecule has 2 rings (SSSR count). The number of nitrogens with one attached hydrogen (secondary N) is 1. The SMILES string of the molecule is Cc1nc(Cc2ccccc2)sc1C(=O)NC(C)(CN)CC(C)C. The van der Waals surface area contributed by atoms with E-state index in [0.717, 1.165) is 23.5 Å². The lowest BCUT2D eigenvalue weighted by Gasteiger charge is -2.31. The van der Waals surface area contributed by atoms with Gasteiger partial charge in [-0.15, -0.1) is 11.3 Å². The Hall–Kier alpha value is -1.72. The minimum Gasteiger partial charge on any atom is -0.345 e. The van der Waals surface area contributed by atoms with Crippen LogP contribution in [0.15, 0.2) is 30.3 Å². The number of carbonyl (C=O) groups is 1. The fourth-order valence-corrected chi connectivity index (χ4v) is 3.92. The van der Waals surface area contributed by atoms with E-state index in [2.05, 4.69) is 36.3 Å². The fourth-order valence-electron chi connectivity index (χ4n) is 2.93. The second kappa shape index (κ2) is 7.90. The van der Waals surface area contributed by atoms with Crippen molar-refractivity contribution < 1.29 is 4.79 Å². The Bertz CT molecular complexity index is 681. The molecule has 1 aromatic carbocycles. The summed E-state index contributed by atoms with van der Waals surface area (Å²) in [5.74, 6) is 0.396. The van der Waals surface area contributed by atoms with Gasteiger partial charge in [0.05, 0.1) is 16.2 Å². The summed E-state index contributed by atoms with van der Waals surface area (Å²) < 4.78 is 0. The van der Waals surface area contributed by atoms with E-state index in [9.17, 15) is 4.79 Å². The predicted molar refractivity (Wildman–Crippen MR) is 100 cm³/mol. The Morgan fingerprint density at radius 2 is 2.00 bits per heavy atom. The molecule has 4 nitrogen and oxygen atoms in total. The van der Waals surface area contributed by atoms with Crippen molar-refractivity contribution in [1.82, 2.24) is 10.3 Å². The highest BCUT2D eigenvalue weighted by atomic mass is 32.1. The van der Waals surface area contributed by atoms with Crippen molar-refractivity contribution in [1.29, 1.82) is 0 Å². The highest BCUT2D eigenvalue weighted by Gasteiger charge is 2.28. The standard InChI is InChI=1S/C19H27N3OS/c1-13(2)11-19(4,12-20)22-18(23)17-14(3)21-16(24-17)10-15-8-6-5-7-9-15/h5-9,13H,10-12,20H2,1-4H3,(H,22,23). The van der Waals surface area contributed by atoms with E-state index >= 15 is 0 Å². The van der Waals surface area contributed by atoms with Gasteiger partial charge in [-0.1, -0.05) is 44.2 Å². The van der Waals surface area contributed by atoms with Gasteiger partial charge in [-0.25, -0.2) is 4.98 Å². The summed E-state index contributed by atoms with van der Waals surface area (Å²) in [6, 6.07) is 10.2. The van der Waals surface area contributed by atoms with E-state index in [0.29, 0.717) is 17.3 Å². The first-order valence-corrected chi connectivity index (χ1v) is 9.17.